The van der Waals surface area contributed by atoms with Crippen molar-refractivity contribution < 1.29 is 27.6 Å². The second kappa shape index (κ2) is 11.4. The minimum Gasteiger partial charge on any atom is -0.352 e. The van der Waals surface area contributed by atoms with Gasteiger partial charge in [0.05, 0.1) is 24.1 Å². The van der Waals surface area contributed by atoms with Gasteiger partial charge >= 0.3 is 0 Å². The van der Waals surface area contributed by atoms with Gasteiger partial charge < -0.3 is 16.0 Å². The van der Waals surface area contributed by atoms with E-state index in [1.165, 1.54) is 48.7 Å². The molecule has 2 aromatic carbocycles. The third-order valence-corrected chi connectivity index (χ3v) is 7.64. The zero-order valence-corrected chi connectivity index (χ0v) is 22.7. The first-order valence-electron chi connectivity index (χ1n) is 12.9. The van der Waals surface area contributed by atoms with Crippen LogP contribution in [0.15, 0.2) is 66.9 Å². The molecule has 42 heavy (non-hydrogen) atoms. The van der Waals surface area contributed by atoms with E-state index in [0.29, 0.717) is 0 Å². The minimum absolute atomic E-state index is 0.0352. The lowest BCUT2D eigenvalue weighted by molar-refractivity contribution is -0.137. The molecule has 0 bridgehead atoms. The van der Waals surface area contributed by atoms with E-state index in [2.05, 4.69) is 20.9 Å². The van der Waals surface area contributed by atoms with Crippen LogP contribution >= 0.6 is 11.6 Å². The highest BCUT2D eigenvalue weighted by Crippen LogP contribution is 2.43. The molecule has 2 atom stereocenters. The molecule has 216 valence electrons. The number of carbonyl (C=O) groups is 3. The molecule has 1 aliphatic carbocycles. The molecule has 1 aliphatic heterocycles. The summed E-state index contributed by atoms with van der Waals surface area (Å²) < 4.78 is 41.5. The molecule has 1 aromatic heterocycles. The number of nitrogens with one attached hydrogen (secondary N) is 3. The van der Waals surface area contributed by atoms with E-state index in [4.69, 9.17) is 11.6 Å². The molecule has 13 heteroatoms. The molecule has 0 radical (unpaired) electrons. The third-order valence-electron chi connectivity index (χ3n) is 7.29. The summed E-state index contributed by atoms with van der Waals surface area (Å²) in [7, 11) is 0. The zero-order valence-electron chi connectivity index (χ0n) is 21.9. The highest BCUT2D eigenvalue weighted by atomic mass is 35.5. The molecule has 3 N–H and O–H groups in total. The van der Waals surface area contributed by atoms with Crippen LogP contribution < -0.4 is 20.9 Å². The SMILES string of the molecule is N#Cc1ccnc(N2C(=O)CNCC2(C(=O)Nc2cccc(F)c2)[C@@H](C(=O)NC2CC(F)(F)C2)c2ccccc2Cl)c1. The second-order valence-corrected chi connectivity index (χ2v) is 10.6. The van der Waals surface area contributed by atoms with Crippen LogP contribution in [-0.2, 0) is 14.4 Å². The van der Waals surface area contributed by atoms with Crippen LogP contribution in [0, 0.1) is 17.1 Å². The number of anilines is 2. The van der Waals surface area contributed by atoms with Crippen LogP contribution in [0.3, 0.4) is 0 Å². The third kappa shape index (κ3) is 5.53. The first-order valence-corrected chi connectivity index (χ1v) is 13.3. The van der Waals surface area contributed by atoms with Gasteiger partial charge in [0.15, 0.2) is 5.54 Å². The molecular formula is C29H24ClF3N6O3. The molecule has 2 heterocycles. The number of pyridine rings is 1. The number of hydrogen-bond acceptors (Lipinski definition) is 6. The summed E-state index contributed by atoms with van der Waals surface area (Å²) in [5.74, 6) is -7.68. The Bertz CT molecular complexity index is 1590. The quantitative estimate of drug-likeness (QED) is 0.381. The van der Waals surface area contributed by atoms with Crippen molar-refractivity contribution in [1.82, 2.24) is 15.6 Å². The number of piperazine rings is 1. The van der Waals surface area contributed by atoms with Crippen LogP contribution in [-0.4, -0.2) is 53.3 Å². The predicted octanol–water partition coefficient (Wildman–Crippen LogP) is 3.76. The van der Waals surface area contributed by atoms with Gasteiger partial charge in [0.2, 0.25) is 11.8 Å². The lowest BCUT2D eigenvalue weighted by atomic mass is 9.74. The minimum atomic E-state index is -2.94. The molecular weight excluding hydrogens is 573 g/mol. The maximum atomic E-state index is 14.5. The molecule has 1 saturated carbocycles. The monoisotopic (exact) mass is 596 g/mol. The normalized spacial score (nSPS) is 20.6. The summed E-state index contributed by atoms with van der Waals surface area (Å²) >= 11 is 6.57. The van der Waals surface area contributed by atoms with Gasteiger partial charge in [-0.15, -0.1) is 0 Å². The summed E-state index contributed by atoms with van der Waals surface area (Å²) in [5.41, 5.74) is -1.87. The van der Waals surface area contributed by atoms with Crippen molar-refractivity contribution in [2.75, 3.05) is 23.3 Å². The largest absolute Gasteiger partial charge is 0.352 e. The summed E-state index contributed by atoms with van der Waals surface area (Å²) in [6.07, 6.45) is 0.0890. The lowest BCUT2D eigenvalue weighted by Crippen LogP contribution is -2.74. The van der Waals surface area contributed by atoms with E-state index in [-0.39, 0.29) is 40.7 Å². The summed E-state index contributed by atoms with van der Waals surface area (Å²) in [5, 5.41) is 17.7. The number of amides is 3. The highest BCUT2D eigenvalue weighted by molar-refractivity contribution is 6.32. The smallest absolute Gasteiger partial charge is 0.253 e. The van der Waals surface area contributed by atoms with E-state index in [1.54, 1.807) is 12.1 Å². The first kappa shape index (κ1) is 29.0. The molecule has 2 aliphatic rings. The number of halogens is 4. The molecule has 3 aromatic rings. The molecule has 0 spiro atoms. The number of nitrogens with zero attached hydrogens (tertiary/aromatic N) is 3. The Morgan fingerprint density at radius 1 is 1.14 bits per heavy atom. The van der Waals surface area contributed by atoms with Crippen LogP contribution in [0.25, 0.3) is 0 Å². The standard InChI is InChI=1S/C29H24ClF3N6O3/c30-22-7-2-1-6-21(22)25(26(41)37-20-12-28(32,33)13-20)29(27(42)38-19-5-3-4-18(31)11-19)16-35-15-24(40)39(29)23-10-17(14-34)8-9-36-23/h1-11,20,25,35H,12-13,15-16H2,(H,37,41)(H,38,42)/t25-,29?/m1/s1. The number of benzene rings is 2. The predicted molar refractivity (Wildman–Crippen MR) is 147 cm³/mol. The average molecular weight is 597 g/mol. The Morgan fingerprint density at radius 3 is 2.60 bits per heavy atom. The number of aromatic nitrogens is 1. The highest BCUT2D eigenvalue weighted by Gasteiger charge is 2.59. The summed E-state index contributed by atoms with van der Waals surface area (Å²) in [4.78, 5) is 47.6. The van der Waals surface area contributed by atoms with Crippen molar-refractivity contribution >= 4 is 40.8 Å². The fourth-order valence-corrected chi connectivity index (χ4v) is 5.65. The number of rotatable bonds is 7. The van der Waals surface area contributed by atoms with E-state index < -0.39 is 59.8 Å². The fraction of sp³-hybridized carbons (Fsp3) is 0.276. The second-order valence-electron chi connectivity index (χ2n) is 10.2. The Balaban J connectivity index is 1.72. The maximum Gasteiger partial charge on any atom is 0.253 e. The number of hydrogen-bond donors (Lipinski definition) is 3. The van der Waals surface area contributed by atoms with Crippen molar-refractivity contribution in [1.29, 1.82) is 5.26 Å². The van der Waals surface area contributed by atoms with Crippen LogP contribution in [0.4, 0.5) is 24.7 Å². The van der Waals surface area contributed by atoms with Gasteiger partial charge in [-0.3, -0.25) is 19.3 Å². The molecule has 2 fully saturated rings. The molecule has 1 saturated heterocycles. The van der Waals surface area contributed by atoms with E-state index in [9.17, 15) is 32.8 Å². The Kier molecular flexibility index (Phi) is 7.90. The summed E-state index contributed by atoms with van der Waals surface area (Å²) in [6.45, 7) is -0.568. The lowest BCUT2D eigenvalue weighted by Gasteiger charge is -2.49. The van der Waals surface area contributed by atoms with Gasteiger partial charge in [-0.1, -0.05) is 35.9 Å². The average Bonchev–Trinajstić information content (AvgIpc) is 2.93. The number of nitriles is 1. The van der Waals surface area contributed by atoms with Crippen molar-refractivity contribution in [2.24, 2.45) is 0 Å². The van der Waals surface area contributed by atoms with Crippen LogP contribution in [0.2, 0.25) is 5.02 Å². The van der Waals surface area contributed by atoms with Crippen LogP contribution in [0.1, 0.15) is 29.9 Å². The number of carbonyl (C=O) groups excluding carboxylic acids is 3. The molecule has 1 unspecified atom stereocenters. The van der Waals surface area contributed by atoms with Crippen LogP contribution in [0.5, 0.6) is 0 Å². The topological polar surface area (TPSA) is 127 Å². The summed E-state index contributed by atoms with van der Waals surface area (Å²) in [6, 6.07) is 15.0. The van der Waals surface area contributed by atoms with Crippen molar-refractivity contribution in [3.05, 3.63) is 88.8 Å². The van der Waals surface area contributed by atoms with Crippen molar-refractivity contribution in [2.45, 2.75) is 36.3 Å². The Labute approximate surface area is 243 Å². The van der Waals surface area contributed by atoms with Gasteiger partial charge in [-0.25, -0.2) is 18.2 Å². The van der Waals surface area contributed by atoms with E-state index in [1.807, 2.05) is 6.07 Å². The maximum absolute atomic E-state index is 14.5. The van der Waals surface area contributed by atoms with Crippen molar-refractivity contribution in [3.8, 4) is 6.07 Å². The van der Waals surface area contributed by atoms with Gasteiger partial charge in [0, 0.05) is 42.3 Å². The fourth-order valence-electron chi connectivity index (χ4n) is 5.41. The Hall–Kier alpha value is -4.47. The van der Waals surface area contributed by atoms with E-state index in [0.717, 1.165) is 11.0 Å². The first-order chi connectivity index (χ1) is 20.0. The van der Waals surface area contributed by atoms with Gasteiger partial charge in [-0.2, -0.15) is 5.26 Å². The number of alkyl halides is 2. The Morgan fingerprint density at radius 2 is 1.90 bits per heavy atom. The van der Waals surface area contributed by atoms with Crippen molar-refractivity contribution in [3.63, 3.8) is 0 Å². The molecule has 9 nitrogen and oxygen atoms in total. The molecule has 3 amide bonds. The van der Waals surface area contributed by atoms with Gasteiger partial charge in [0.25, 0.3) is 11.8 Å². The van der Waals surface area contributed by atoms with E-state index >= 15 is 0 Å². The van der Waals surface area contributed by atoms with Gasteiger partial charge in [-0.05, 0) is 42.0 Å². The zero-order chi connectivity index (χ0) is 30.1. The van der Waals surface area contributed by atoms with Gasteiger partial charge in [0.1, 0.15) is 11.6 Å². The molecule has 5 rings (SSSR count).